The Balaban J connectivity index is 0.00000121. The smallest absolute Gasteiger partial charge is 0.223 e. The molecule has 1 heterocycles. The van der Waals surface area contributed by atoms with Crippen LogP contribution in [0, 0.1) is 5.92 Å². The Hall–Kier alpha value is -1.31. The fraction of sp³-hybridized carbons (Fsp3) is 0.533. The molecule has 0 aromatic rings. The predicted molar refractivity (Wildman–Crippen MR) is 74.8 cm³/mol. The third-order valence-corrected chi connectivity index (χ3v) is 2.85. The number of nitrogens with zero attached hydrogens (tertiary/aromatic N) is 1. The zero-order chi connectivity index (χ0) is 13.4. The maximum atomic E-state index is 11.7. The minimum atomic E-state index is 0.109. The summed E-state index contributed by atoms with van der Waals surface area (Å²) >= 11 is 0. The molecule has 0 aromatic carbocycles. The molecule has 1 fully saturated rings. The van der Waals surface area contributed by atoms with E-state index in [1.807, 2.05) is 31.7 Å². The Morgan fingerprint density at radius 3 is 2.41 bits per heavy atom. The van der Waals surface area contributed by atoms with Gasteiger partial charge in [-0.05, 0) is 18.4 Å². The van der Waals surface area contributed by atoms with Crippen molar-refractivity contribution in [1.82, 2.24) is 4.90 Å². The standard InChI is InChI=1S/C13H19NO.C2H6/c1-5-7-12(6-2)11(4)14-9-10(3)8-13(14)15;1-2/h5-7,10-11H,1-2,8-9H2,3-4H3;1-2H3/b12-7+;. The minimum Gasteiger partial charge on any atom is -0.336 e. The second kappa shape index (κ2) is 7.88. The Morgan fingerprint density at radius 2 is 2.06 bits per heavy atom. The van der Waals surface area contributed by atoms with Gasteiger partial charge in [-0.2, -0.15) is 0 Å². The van der Waals surface area contributed by atoms with Crippen molar-refractivity contribution < 1.29 is 4.79 Å². The van der Waals surface area contributed by atoms with E-state index in [4.69, 9.17) is 0 Å². The lowest BCUT2D eigenvalue weighted by atomic mass is 10.1. The number of carbonyl (C=O) groups is 1. The third-order valence-electron chi connectivity index (χ3n) is 2.85. The molecular formula is C15H25NO. The maximum Gasteiger partial charge on any atom is 0.223 e. The summed E-state index contributed by atoms with van der Waals surface area (Å²) in [5.74, 6) is 0.710. The van der Waals surface area contributed by atoms with Crippen LogP contribution < -0.4 is 0 Å². The number of likely N-dealkylation sites (tertiary alicyclic amines) is 1. The van der Waals surface area contributed by atoms with Gasteiger partial charge in [0.25, 0.3) is 0 Å². The molecule has 0 aromatic heterocycles. The molecule has 1 aliphatic heterocycles. The van der Waals surface area contributed by atoms with Crippen LogP contribution in [-0.4, -0.2) is 23.4 Å². The fourth-order valence-electron chi connectivity index (χ4n) is 1.99. The molecule has 96 valence electrons. The number of carbonyl (C=O) groups excluding carboxylic acids is 1. The molecular weight excluding hydrogens is 210 g/mol. The third kappa shape index (κ3) is 4.22. The summed E-state index contributed by atoms with van der Waals surface area (Å²) in [6, 6.07) is 0.109. The van der Waals surface area contributed by atoms with Crippen molar-refractivity contribution in [3.8, 4) is 0 Å². The SMILES string of the molecule is C=C/C=C(\C=C)C(C)N1CC(C)CC1=O.CC. The summed E-state index contributed by atoms with van der Waals surface area (Å²) in [6.45, 7) is 16.4. The largest absolute Gasteiger partial charge is 0.336 e. The van der Waals surface area contributed by atoms with E-state index in [2.05, 4.69) is 20.1 Å². The molecule has 0 N–H and O–H groups in total. The highest BCUT2D eigenvalue weighted by Crippen LogP contribution is 2.23. The van der Waals surface area contributed by atoms with Gasteiger partial charge in [-0.1, -0.05) is 52.2 Å². The van der Waals surface area contributed by atoms with E-state index in [0.29, 0.717) is 12.3 Å². The topological polar surface area (TPSA) is 20.3 Å². The monoisotopic (exact) mass is 235 g/mol. The first-order valence-electron chi connectivity index (χ1n) is 6.34. The summed E-state index contributed by atoms with van der Waals surface area (Å²) in [5.41, 5.74) is 1.05. The molecule has 0 bridgehead atoms. The molecule has 2 unspecified atom stereocenters. The lowest BCUT2D eigenvalue weighted by Crippen LogP contribution is -2.35. The van der Waals surface area contributed by atoms with Gasteiger partial charge >= 0.3 is 0 Å². The number of amides is 1. The Kier molecular flexibility index (Phi) is 7.27. The van der Waals surface area contributed by atoms with Crippen molar-refractivity contribution >= 4 is 5.91 Å². The predicted octanol–water partition coefficient (Wildman–Crippen LogP) is 3.57. The van der Waals surface area contributed by atoms with Gasteiger partial charge in [-0.25, -0.2) is 0 Å². The van der Waals surface area contributed by atoms with Gasteiger partial charge in [0.15, 0.2) is 0 Å². The van der Waals surface area contributed by atoms with E-state index in [1.54, 1.807) is 12.2 Å². The van der Waals surface area contributed by atoms with Gasteiger partial charge < -0.3 is 4.90 Å². The minimum absolute atomic E-state index is 0.109. The molecule has 1 amide bonds. The molecule has 1 saturated heterocycles. The zero-order valence-corrected chi connectivity index (χ0v) is 11.6. The highest BCUT2D eigenvalue weighted by molar-refractivity contribution is 5.79. The van der Waals surface area contributed by atoms with Gasteiger partial charge in [0.1, 0.15) is 0 Å². The van der Waals surface area contributed by atoms with Gasteiger partial charge in [0.2, 0.25) is 5.91 Å². The molecule has 17 heavy (non-hydrogen) atoms. The summed E-state index contributed by atoms with van der Waals surface area (Å²) in [7, 11) is 0. The quantitative estimate of drug-likeness (QED) is 0.682. The average Bonchev–Trinajstić information content (AvgIpc) is 2.67. The van der Waals surface area contributed by atoms with Crippen LogP contribution in [-0.2, 0) is 4.79 Å². The van der Waals surface area contributed by atoms with Gasteiger partial charge in [-0.15, -0.1) is 0 Å². The second-order valence-corrected chi connectivity index (χ2v) is 4.14. The normalized spacial score (nSPS) is 21.6. The summed E-state index contributed by atoms with van der Waals surface area (Å²) in [5, 5.41) is 0. The molecule has 0 radical (unpaired) electrons. The highest BCUT2D eigenvalue weighted by Gasteiger charge is 2.30. The van der Waals surface area contributed by atoms with Gasteiger partial charge in [0, 0.05) is 13.0 Å². The summed E-state index contributed by atoms with van der Waals surface area (Å²) in [6.07, 6.45) is 6.11. The number of allylic oxidation sites excluding steroid dienone is 2. The molecule has 0 saturated carbocycles. The van der Waals surface area contributed by atoms with Crippen molar-refractivity contribution in [2.24, 2.45) is 5.92 Å². The highest BCUT2D eigenvalue weighted by atomic mass is 16.2. The number of hydrogen-bond acceptors (Lipinski definition) is 1. The van der Waals surface area contributed by atoms with Crippen LogP contribution in [0.3, 0.4) is 0 Å². The van der Waals surface area contributed by atoms with E-state index in [9.17, 15) is 4.79 Å². The first kappa shape index (κ1) is 15.7. The van der Waals surface area contributed by atoms with Crippen molar-refractivity contribution in [3.63, 3.8) is 0 Å². The molecule has 2 heteroatoms. The molecule has 1 rings (SSSR count). The van der Waals surface area contributed by atoms with Crippen molar-refractivity contribution in [1.29, 1.82) is 0 Å². The Bertz CT molecular complexity index is 304. The van der Waals surface area contributed by atoms with Crippen LogP contribution in [0.25, 0.3) is 0 Å². The Morgan fingerprint density at radius 1 is 1.47 bits per heavy atom. The van der Waals surface area contributed by atoms with Crippen LogP contribution in [0.15, 0.2) is 37.0 Å². The Labute approximate surface area is 106 Å². The fourth-order valence-corrected chi connectivity index (χ4v) is 1.99. The van der Waals surface area contributed by atoms with Crippen molar-refractivity contribution in [3.05, 3.63) is 37.0 Å². The molecule has 0 aliphatic carbocycles. The van der Waals surface area contributed by atoms with Gasteiger partial charge in [-0.3, -0.25) is 4.79 Å². The first-order chi connectivity index (χ1) is 8.10. The second-order valence-electron chi connectivity index (χ2n) is 4.14. The summed E-state index contributed by atoms with van der Waals surface area (Å²) < 4.78 is 0. The van der Waals surface area contributed by atoms with E-state index < -0.39 is 0 Å². The lowest BCUT2D eigenvalue weighted by molar-refractivity contribution is -0.128. The number of hydrogen-bond donors (Lipinski definition) is 0. The van der Waals surface area contributed by atoms with Crippen molar-refractivity contribution in [2.75, 3.05) is 6.54 Å². The molecule has 1 aliphatic rings. The van der Waals surface area contributed by atoms with Crippen LogP contribution in [0.1, 0.15) is 34.1 Å². The van der Waals surface area contributed by atoms with E-state index in [0.717, 1.165) is 12.1 Å². The van der Waals surface area contributed by atoms with Crippen molar-refractivity contribution in [2.45, 2.75) is 40.2 Å². The van der Waals surface area contributed by atoms with Gasteiger partial charge in [0.05, 0.1) is 6.04 Å². The van der Waals surface area contributed by atoms with Crippen LogP contribution >= 0.6 is 0 Å². The number of rotatable bonds is 4. The van der Waals surface area contributed by atoms with E-state index in [1.165, 1.54) is 0 Å². The molecule has 2 atom stereocenters. The van der Waals surface area contributed by atoms with Crippen LogP contribution in [0.2, 0.25) is 0 Å². The lowest BCUT2D eigenvalue weighted by Gasteiger charge is -2.25. The molecule has 2 nitrogen and oxygen atoms in total. The molecule has 0 spiro atoms. The average molecular weight is 235 g/mol. The zero-order valence-electron chi connectivity index (χ0n) is 11.6. The van der Waals surface area contributed by atoms with E-state index in [-0.39, 0.29) is 11.9 Å². The van der Waals surface area contributed by atoms with Crippen LogP contribution in [0.4, 0.5) is 0 Å². The maximum absolute atomic E-state index is 11.7. The van der Waals surface area contributed by atoms with E-state index >= 15 is 0 Å². The first-order valence-corrected chi connectivity index (χ1v) is 6.34. The van der Waals surface area contributed by atoms with Crippen LogP contribution in [0.5, 0.6) is 0 Å². The summed E-state index contributed by atoms with van der Waals surface area (Å²) in [4.78, 5) is 13.6.